The maximum atomic E-state index is 10.6. The average molecular weight is 431 g/mol. The van der Waals surface area contributed by atoms with E-state index in [1.54, 1.807) is 7.11 Å². The summed E-state index contributed by atoms with van der Waals surface area (Å²) in [6, 6.07) is 8.90. The second kappa shape index (κ2) is 9.98. The Morgan fingerprint density at radius 1 is 1.27 bits per heavy atom. The zero-order chi connectivity index (χ0) is 21.7. The molecule has 1 aromatic rings. The van der Waals surface area contributed by atoms with Crippen molar-refractivity contribution in [2.75, 3.05) is 26.9 Å². The number of carbonyl (C=O) groups is 1. The molecule has 3 aliphatic rings. The van der Waals surface area contributed by atoms with E-state index in [1.165, 1.54) is 24.8 Å². The number of rotatable bonds is 6. The number of fused-ring (bicyclic) bond motifs is 1. The highest BCUT2D eigenvalue weighted by Crippen LogP contribution is 2.35. The van der Waals surface area contributed by atoms with E-state index in [-0.39, 0.29) is 6.10 Å². The number of hydrogen-bond donors (Lipinski definition) is 1. The lowest BCUT2D eigenvalue weighted by Crippen LogP contribution is -2.51. The van der Waals surface area contributed by atoms with Gasteiger partial charge in [0.1, 0.15) is 5.75 Å². The van der Waals surface area contributed by atoms with Crippen molar-refractivity contribution in [2.45, 2.75) is 56.7 Å². The minimum Gasteiger partial charge on any atom is -0.497 e. The Labute approximate surface area is 173 Å². The molecule has 0 bridgehead atoms. The smallest absolute Gasteiger partial charge is 0.490 e. The largest absolute Gasteiger partial charge is 0.497 e. The van der Waals surface area contributed by atoms with E-state index in [2.05, 4.69) is 23.1 Å². The zero-order valence-electron chi connectivity index (χ0n) is 16.9. The van der Waals surface area contributed by atoms with Crippen LogP contribution in [0.2, 0.25) is 0 Å². The molecular formula is C21H28F3NO5. The molecular weight excluding hydrogens is 403 g/mol. The Bertz CT molecular complexity index is 710. The number of carboxylic acid groups (broad SMARTS) is 1. The molecule has 3 fully saturated rings. The van der Waals surface area contributed by atoms with E-state index >= 15 is 0 Å². The molecule has 1 saturated heterocycles. The van der Waals surface area contributed by atoms with Crippen LogP contribution in [0.5, 0.6) is 5.75 Å². The molecule has 3 atom stereocenters. The Morgan fingerprint density at radius 2 is 2.00 bits per heavy atom. The first-order valence-corrected chi connectivity index (χ1v) is 10.2. The molecule has 0 spiro atoms. The Hall–Kier alpha value is -1.84. The highest BCUT2D eigenvalue weighted by Gasteiger charge is 2.43. The van der Waals surface area contributed by atoms with Gasteiger partial charge in [0.15, 0.2) is 0 Å². The van der Waals surface area contributed by atoms with Gasteiger partial charge in [-0.25, -0.2) is 4.79 Å². The van der Waals surface area contributed by atoms with Gasteiger partial charge in [0.2, 0.25) is 0 Å². The molecule has 0 amide bonds. The highest BCUT2D eigenvalue weighted by atomic mass is 19.4. The van der Waals surface area contributed by atoms with Gasteiger partial charge in [-0.1, -0.05) is 12.1 Å². The van der Waals surface area contributed by atoms with Crippen LogP contribution in [0.25, 0.3) is 0 Å². The number of nitrogens with zero attached hydrogens (tertiary/aromatic N) is 1. The number of morpholine rings is 1. The third-order valence-electron chi connectivity index (χ3n) is 5.66. The second-order valence-corrected chi connectivity index (χ2v) is 7.92. The van der Waals surface area contributed by atoms with E-state index < -0.39 is 12.1 Å². The third kappa shape index (κ3) is 6.33. The van der Waals surface area contributed by atoms with Crippen LogP contribution in [0.1, 0.15) is 31.2 Å². The first-order chi connectivity index (χ1) is 14.3. The fraction of sp³-hybridized carbons (Fsp3) is 0.667. The van der Waals surface area contributed by atoms with Crippen LogP contribution in [0.3, 0.4) is 0 Å². The summed E-state index contributed by atoms with van der Waals surface area (Å²) < 4.78 is 49.3. The van der Waals surface area contributed by atoms with Crippen LogP contribution < -0.4 is 4.74 Å². The van der Waals surface area contributed by atoms with Crippen LogP contribution in [0, 0.1) is 5.92 Å². The molecule has 9 heteroatoms. The molecule has 2 aliphatic carbocycles. The maximum absolute atomic E-state index is 10.6. The number of methoxy groups -OCH3 is 1. The fourth-order valence-corrected chi connectivity index (χ4v) is 3.92. The molecule has 30 heavy (non-hydrogen) atoms. The van der Waals surface area contributed by atoms with Crippen molar-refractivity contribution in [3.63, 3.8) is 0 Å². The maximum Gasteiger partial charge on any atom is 0.490 e. The quantitative estimate of drug-likeness (QED) is 0.744. The molecule has 0 aromatic heterocycles. The highest BCUT2D eigenvalue weighted by molar-refractivity contribution is 5.73. The van der Waals surface area contributed by atoms with E-state index in [1.807, 2.05) is 6.07 Å². The van der Waals surface area contributed by atoms with Gasteiger partial charge in [0.25, 0.3) is 0 Å². The van der Waals surface area contributed by atoms with Crippen molar-refractivity contribution < 1.29 is 37.3 Å². The van der Waals surface area contributed by atoms with Gasteiger partial charge in [-0.2, -0.15) is 13.2 Å². The van der Waals surface area contributed by atoms with Gasteiger partial charge in [0.05, 0.1) is 25.9 Å². The molecule has 0 unspecified atom stereocenters. The number of benzene rings is 1. The average Bonchev–Trinajstić information content (AvgIpc) is 3.45. The number of ether oxygens (including phenoxy) is 3. The van der Waals surface area contributed by atoms with Gasteiger partial charge in [-0.3, -0.25) is 4.90 Å². The Kier molecular flexibility index (Phi) is 7.60. The Balaban J connectivity index is 0.000000318. The summed E-state index contributed by atoms with van der Waals surface area (Å²) in [6.07, 6.45) is 0.496. The van der Waals surface area contributed by atoms with Crippen LogP contribution in [-0.4, -0.2) is 67.3 Å². The molecule has 1 aliphatic heterocycles. The van der Waals surface area contributed by atoms with Gasteiger partial charge in [-0.15, -0.1) is 0 Å². The molecule has 1 heterocycles. The lowest BCUT2D eigenvalue weighted by atomic mass is 10.1. The minimum absolute atomic E-state index is 0.258. The summed E-state index contributed by atoms with van der Waals surface area (Å²) in [5.41, 5.74) is 1.31. The van der Waals surface area contributed by atoms with Crippen molar-refractivity contribution in [3.05, 3.63) is 29.8 Å². The van der Waals surface area contributed by atoms with Gasteiger partial charge in [-0.05, 0) is 49.3 Å². The van der Waals surface area contributed by atoms with E-state index in [4.69, 9.17) is 24.1 Å². The molecule has 168 valence electrons. The zero-order valence-corrected chi connectivity index (χ0v) is 16.9. The summed E-state index contributed by atoms with van der Waals surface area (Å²) in [5, 5.41) is 7.12. The van der Waals surface area contributed by atoms with E-state index in [0.29, 0.717) is 12.1 Å². The fourth-order valence-electron chi connectivity index (χ4n) is 3.92. The lowest BCUT2D eigenvalue weighted by Gasteiger charge is -2.39. The third-order valence-corrected chi connectivity index (χ3v) is 5.66. The standard InChI is InChI=1S/C19H27NO3.C2HF3O2/c1-21-16-4-2-3-15(11-16)12-20-9-10-22-19-17(20)7-8-18(19)23-13-14-5-6-14;3-2(4,5)1(6)7/h2-4,11,14,17-19H,5-10,12-13H2,1H3;(H,6,7)/t17-,18+,19+;/m0./s1. The van der Waals surface area contributed by atoms with Gasteiger partial charge in [0, 0.05) is 25.7 Å². The van der Waals surface area contributed by atoms with Crippen molar-refractivity contribution in [1.82, 2.24) is 4.90 Å². The van der Waals surface area contributed by atoms with Crippen LogP contribution in [0.15, 0.2) is 24.3 Å². The predicted octanol–water partition coefficient (Wildman–Crippen LogP) is 3.49. The van der Waals surface area contributed by atoms with Crippen molar-refractivity contribution in [1.29, 1.82) is 0 Å². The topological polar surface area (TPSA) is 68.2 Å². The molecule has 6 nitrogen and oxygen atoms in total. The van der Waals surface area contributed by atoms with E-state index in [0.717, 1.165) is 44.4 Å². The number of aliphatic carboxylic acids is 1. The Morgan fingerprint density at radius 3 is 2.63 bits per heavy atom. The van der Waals surface area contributed by atoms with Crippen LogP contribution in [0.4, 0.5) is 13.2 Å². The summed E-state index contributed by atoms with van der Waals surface area (Å²) in [6.45, 7) is 3.73. The van der Waals surface area contributed by atoms with Crippen LogP contribution >= 0.6 is 0 Å². The van der Waals surface area contributed by atoms with Crippen molar-refractivity contribution >= 4 is 5.97 Å². The first-order valence-electron chi connectivity index (χ1n) is 10.2. The normalized spacial score (nSPS) is 26.5. The summed E-state index contributed by atoms with van der Waals surface area (Å²) in [4.78, 5) is 11.5. The number of carboxylic acids is 1. The minimum atomic E-state index is -5.08. The summed E-state index contributed by atoms with van der Waals surface area (Å²) in [5.74, 6) is -0.998. The number of hydrogen-bond acceptors (Lipinski definition) is 5. The summed E-state index contributed by atoms with van der Waals surface area (Å²) >= 11 is 0. The first kappa shape index (κ1) is 22.8. The molecule has 4 rings (SSSR count). The van der Waals surface area contributed by atoms with Crippen molar-refractivity contribution in [3.8, 4) is 5.75 Å². The van der Waals surface area contributed by atoms with Crippen molar-refractivity contribution in [2.24, 2.45) is 5.92 Å². The lowest BCUT2D eigenvalue weighted by molar-refractivity contribution is -0.192. The molecule has 1 aromatic carbocycles. The number of alkyl halides is 3. The molecule has 2 saturated carbocycles. The van der Waals surface area contributed by atoms with Crippen LogP contribution in [-0.2, 0) is 20.8 Å². The summed E-state index contributed by atoms with van der Waals surface area (Å²) in [7, 11) is 1.72. The van der Waals surface area contributed by atoms with E-state index in [9.17, 15) is 13.2 Å². The predicted molar refractivity (Wildman–Crippen MR) is 102 cm³/mol. The van der Waals surface area contributed by atoms with Gasteiger partial charge < -0.3 is 19.3 Å². The SMILES string of the molecule is COc1cccc(CN2CCO[C@H]3[C@H](OCC4CC4)CC[C@@H]32)c1.O=C(O)C(F)(F)F. The number of halogens is 3. The monoisotopic (exact) mass is 431 g/mol. The second-order valence-electron chi connectivity index (χ2n) is 7.92. The molecule has 1 N–H and O–H groups in total. The van der Waals surface area contributed by atoms with Gasteiger partial charge >= 0.3 is 12.1 Å². The molecule has 0 radical (unpaired) electrons.